The van der Waals surface area contributed by atoms with E-state index in [2.05, 4.69) is 26.0 Å². The molecule has 1 aromatic carbocycles. The smallest absolute Gasteiger partial charge is 0.394 e. The molecule has 0 spiro atoms. The second-order valence-electron chi connectivity index (χ2n) is 9.52. The minimum Gasteiger partial charge on any atom is -0.394 e. The zero-order valence-corrected chi connectivity index (χ0v) is 21.5. The van der Waals surface area contributed by atoms with Crippen LogP contribution in [0.25, 0.3) is 16.6 Å². The Labute approximate surface area is 225 Å². The number of hydrogen-bond acceptors (Lipinski definition) is 6. The van der Waals surface area contributed by atoms with Crippen molar-refractivity contribution in [2.24, 2.45) is 0 Å². The van der Waals surface area contributed by atoms with Gasteiger partial charge in [0.05, 0.1) is 23.8 Å². The minimum absolute atomic E-state index is 0.117. The van der Waals surface area contributed by atoms with Crippen molar-refractivity contribution in [3.63, 3.8) is 0 Å². The van der Waals surface area contributed by atoms with Crippen molar-refractivity contribution in [2.45, 2.75) is 36.5 Å². The molecule has 0 saturated heterocycles. The number of carbonyl (C=O) groups is 2. The van der Waals surface area contributed by atoms with Crippen molar-refractivity contribution in [2.75, 3.05) is 17.7 Å². The van der Waals surface area contributed by atoms with Gasteiger partial charge in [0.25, 0.3) is 5.91 Å². The number of carbonyl (C=O) groups excluding carboxylic acids is 2. The highest BCUT2D eigenvalue weighted by atomic mass is 35.5. The van der Waals surface area contributed by atoms with E-state index in [1.807, 2.05) is 0 Å². The fourth-order valence-corrected chi connectivity index (χ4v) is 4.18. The van der Waals surface area contributed by atoms with Gasteiger partial charge in [0, 0.05) is 17.4 Å². The molecule has 10 nitrogen and oxygen atoms in total. The van der Waals surface area contributed by atoms with Crippen molar-refractivity contribution in [1.29, 1.82) is 0 Å². The number of nitrogens with zero attached hydrogens (tertiary/aromatic N) is 3. The summed E-state index contributed by atoms with van der Waals surface area (Å²) in [5.74, 6) is -0.370. The molecule has 0 fully saturated rings. The van der Waals surface area contributed by atoms with Crippen LogP contribution in [0.2, 0.25) is 0 Å². The number of rotatable bonds is 6. The van der Waals surface area contributed by atoms with Gasteiger partial charge >= 0.3 is 12.2 Å². The molecule has 2 unspecified atom stereocenters. The number of aliphatic hydroxyl groups is 1. The summed E-state index contributed by atoms with van der Waals surface area (Å²) in [6.45, 7) is 3.01. The van der Waals surface area contributed by atoms with E-state index in [0.29, 0.717) is 16.6 Å². The van der Waals surface area contributed by atoms with E-state index in [1.165, 1.54) is 35.2 Å². The lowest BCUT2D eigenvalue weighted by atomic mass is 9.93. The molecule has 2 heterocycles. The summed E-state index contributed by atoms with van der Waals surface area (Å²) in [5.41, 5.74) is 6.96. The normalized spacial score (nSPS) is 19.2. The maximum Gasteiger partial charge on any atom is 0.413 e. The summed E-state index contributed by atoms with van der Waals surface area (Å²) in [4.78, 5) is 26.9. The monoisotopic (exact) mass is 563 g/mol. The van der Waals surface area contributed by atoms with Crippen LogP contribution in [0.4, 0.5) is 29.5 Å². The summed E-state index contributed by atoms with van der Waals surface area (Å²) in [5, 5.41) is 21.1. The third-order valence-corrected chi connectivity index (χ3v) is 6.63. The quantitative estimate of drug-likeness (QED) is 0.289. The molecule has 1 aliphatic carbocycles. The Morgan fingerprint density at radius 1 is 1.21 bits per heavy atom. The second-order valence-corrected chi connectivity index (χ2v) is 10.1. The van der Waals surface area contributed by atoms with Gasteiger partial charge in [0.15, 0.2) is 10.7 Å². The van der Waals surface area contributed by atoms with Gasteiger partial charge in [-0.2, -0.15) is 18.3 Å². The first kappa shape index (κ1) is 27.9. The Kier molecular flexibility index (Phi) is 7.32. The van der Waals surface area contributed by atoms with Crippen LogP contribution in [0, 0.1) is 0 Å². The molecule has 0 radical (unpaired) electrons. The summed E-state index contributed by atoms with van der Waals surface area (Å²) in [6, 6.07) is 3.76. The first-order valence-corrected chi connectivity index (χ1v) is 12.0. The highest BCUT2D eigenvalue weighted by Crippen LogP contribution is 2.42. The number of allylic oxidation sites excluding steroid dienone is 2. The number of aliphatic hydroxyl groups excluding tert-OH is 1. The number of hydrogen-bond donors (Lipinski definition) is 5. The van der Waals surface area contributed by atoms with Crippen LogP contribution < -0.4 is 21.7 Å². The number of nitrogens with one attached hydrogen (secondary N) is 3. The average molecular weight is 564 g/mol. The van der Waals surface area contributed by atoms with Crippen LogP contribution in [-0.2, 0) is 0 Å². The van der Waals surface area contributed by atoms with E-state index in [4.69, 9.17) is 17.3 Å². The van der Waals surface area contributed by atoms with Crippen molar-refractivity contribution in [3.8, 4) is 11.1 Å². The van der Waals surface area contributed by atoms with Crippen molar-refractivity contribution in [1.82, 2.24) is 25.2 Å². The minimum atomic E-state index is -4.81. The lowest BCUT2D eigenvalue weighted by Gasteiger charge is -2.34. The van der Waals surface area contributed by atoms with E-state index in [-0.39, 0.29) is 23.7 Å². The van der Waals surface area contributed by atoms with Crippen LogP contribution in [0.1, 0.15) is 24.2 Å². The molecule has 6 N–H and O–H groups in total. The van der Waals surface area contributed by atoms with Crippen LogP contribution in [-0.4, -0.2) is 60.9 Å². The Morgan fingerprint density at radius 3 is 2.54 bits per heavy atom. The Bertz CT molecular complexity index is 1470. The number of amides is 3. The largest absolute Gasteiger partial charge is 0.413 e. The number of nitrogens with two attached hydrogens (primary N) is 1. The number of fused-ring (bicyclic) bond motifs is 1. The molecule has 0 bridgehead atoms. The van der Waals surface area contributed by atoms with E-state index >= 15 is 0 Å². The molecular formula is C25H25ClF3N7O3. The molecule has 2 aromatic heterocycles. The number of halogens is 4. The number of urea groups is 1. The van der Waals surface area contributed by atoms with Crippen LogP contribution in [0.5, 0.6) is 0 Å². The molecule has 0 saturated carbocycles. The average Bonchev–Trinajstić information content (AvgIpc) is 3.26. The second kappa shape index (κ2) is 10.2. The molecule has 4 rings (SSSR count). The molecule has 0 aliphatic heterocycles. The lowest BCUT2D eigenvalue weighted by Crippen LogP contribution is -2.56. The summed E-state index contributed by atoms with van der Waals surface area (Å²) < 4.78 is 42.0. The third kappa shape index (κ3) is 5.54. The first-order valence-electron chi connectivity index (χ1n) is 11.6. The van der Waals surface area contributed by atoms with Gasteiger partial charge < -0.3 is 26.8 Å². The highest BCUT2D eigenvalue weighted by molar-refractivity contribution is 6.27. The number of benzene rings is 1. The standard InChI is InChI=1S/C25H25ClF3N7O3/c1-23(2,12-37)35-21(38)16-11-36-19(20(30)31-13-32-36)18(16)14-6-8-15(9-7-14)33-22(39)34-17-5-3-4-10-24(17,26)25(27,28)29/h3-11,13,17,37H,12H2,1-2H3,(H,35,38)(H2,30,31,32)(H2,33,34,39). The molecule has 3 amide bonds. The van der Waals surface area contributed by atoms with Crippen molar-refractivity contribution < 1.29 is 27.9 Å². The Morgan fingerprint density at radius 2 is 1.90 bits per heavy atom. The summed E-state index contributed by atoms with van der Waals surface area (Å²) in [6.07, 6.45) is 2.37. The fourth-order valence-electron chi connectivity index (χ4n) is 3.98. The summed E-state index contributed by atoms with van der Waals surface area (Å²) in [7, 11) is 0. The fraction of sp³-hybridized carbons (Fsp3) is 0.280. The number of anilines is 2. The van der Waals surface area contributed by atoms with Gasteiger partial charge in [-0.25, -0.2) is 14.3 Å². The Balaban J connectivity index is 1.60. The van der Waals surface area contributed by atoms with Gasteiger partial charge in [-0.3, -0.25) is 4.79 Å². The van der Waals surface area contributed by atoms with E-state index in [9.17, 15) is 27.9 Å². The Hall–Kier alpha value is -4.10. The molecule has 206 valence electrons. The topological polar surface area (TPSA) is 147 Å². The highest BCUT2D eigenvalue weighted by Gasteiger charge is 2.57. The molecule has 3 aromatic rings. The van der Waals surface area contributed by atoms with Gasteiger partial charge in [0.1, 0.15) is 11.8 Å². The zero-order chi connectivity index (χ0) is 28.6. The number of alkyl halides is 4. The number of nitrogen functional groups attached to an aromatic ring is 1. The van der Waals surface area contributed by atoms with E-state index in [0.717, 1.165) is 18.2 Å². The first-order chi connectivity index (χ1) is 18.3. The van der Waals surface area contributed by atoms with E-state index < -0.39 is 34.6 Å². The zero-order valence-electron chi connectivity index (χ0n) is 20.8. The molecule has 2 atom stereocenters. The van der Waals surface area contributed by atoms with Gasteiger partial charge in [0.2, 0.25) is 0 Å². The third-order valence-electron chi connectivity index (χ3n) is 6.05. The lowest BCUT2D eigenvalue weighted by molar-refractivity contribution is -0.153. The van der Waals surface area contributed by atoms with Crippen molar-refractivity contribution in [3.05, 3.63) is 66.7 Å². The molecular weight excluding hydrogens is 539 g/mol. The van der Waals surface area contributed by atoms with Crippen LogP contribution >= 0.6 is 11.6 Å². The molecule has 39 heavy (non-hydrogen) atoms. The summed E-state index contributed by atoms with van der Waals surface area (Å²) >= 11 is 5.82. The van der Waals surface area contributed by atoms with Gasteiger partial charge in [-0.05, 0) is 31.5 Å². The number of aromatic nitrogens is 3. The molecule has 14 heteroatoms. The SMILES string of the molecule is CC(C)(CO)NC(=O)c1cn2ncnc(N)c2c1-c1ccc(NC(=O)NC2C=CC=CC2(Cl)C(F)(F)F)cc1. The van der Waals surface area contributed by atoms with Crippen LogP contribution in [0.15, 0.2) is 61.1 Å². The van der Waals surface area contributed by atoms with Crippen LogP contribution in [0.3, 0.4) is 0 Å². The van der Waals surface area contributed by atoms with E-state index in [1.54, 1.807) is 26.0 Å². The maximum atomic E-state index is 13.5. The predicted octanol–water partition coefficient (Wildman–Crippen LogP) is 3.64. The van der Waals surface area contributed by atoms with Crippen molar-refractivity contribution >= 4 is 40.6 Å². The van der Waals surface area contributed by atoms with Gasteiger partial charge in [-0.1, -0.05) is 36.4 Å². The molecule has 1 aliphatic rings. The van der Waals surface area contributed by atoms with Gasteiger partial charge in [-0.15, -0.1) is 11.6 Å². The maximum absolute atomic E-state index is 13.5. The predicted molar refractivity (Wildman–Crippen MR) is 140 cm³/mol.